The summed E-state index contributed by atoms with van der Waals surface area (Å²) in [5, 5.41) is 0. The van der Waals surface area contributed by atoms with Crippen molar-refractivity contribution in [2.45, 2.75) is 90.9 Å². The molecule has 0 heterocycles. The average Bonchev–Trinajstić information content (AvgIpc) is 2.79. The molecule has 0 aliphatic rings. The topological polar surface area (TPSA) is 21.6 Å². The lowest BCUT2D eigenvalue weighted by Gasteiger charge is -2.04. The van der Waals surface area contributed by atoms with Gasteiger partial charge in [0.25, 0.3) is 0 Å². The Labute approximate surface area is 184 Å². The first-order valence-electron chi connectivity index (χ1n) is 12.2. The van der Waals surface area contributed by atoms with Crippen LogP contribution in [0.3, 0.4) is 0 Å². The Morgan fingerprint density at radius 3 is 1.87 bits per heavy atom. The van der Waals surface area contributed by atoms with Crippen LogP contribution in [0, 0.1) is 0 Å². The van der Waals surface area contributed by atoms with Crippen LogP contribution >= 0.6 is 0 Å². The summed E-state index contributed by atoms with van der Waals surface area (Å²) in [6, 6.07) is 16.8. The molecule has 0 fully saturated rings. The number of unbranched alkanes of at least 4 members (excludes halogenated alkanes) is 9. The van der Waals surface area contributed by atoms with Crippen molar-refractivity contribution in [2.24, 2.45) is 4.99 Å². The summed E-state index contributed by atoms with van der Waals surface area (Å²) in [6.45, 7) is 5.16. The molecule has 2 rings (SSSR count). The molecule has 30 heavy (non-hydrogen) atoms. The fourth-order valence-corrected chi connectivity index (χ4v) is 3.58. The van der Waals surface area contributed by atoms with Crippen LogP contribution in [-0.4, -0.2) is 12.8 Å². The summed E-state index contributed by atoms with van der Waals surface area (Å²) in [7, 11) is 0. The number of nitrogens with zero attached hydrogens (tertiary/aromatic N) is 1. The summed E-state index contributed by atoms with van der Waals surface area (Å²) < 4.78 is 5.62. The van der Waals surface area contributed by atoms with E-state index in [4.69, 9.17) is 4.74 Å². The standard InChI is InChI=1S/C28H41NO/c1-3-5-6-7-8-9-10-11-12-13-14-25-15-19-27(20-16-25)29-24-26-17-21-28(22-18-26)30-23-4-2/h15-22,24H,3-14,23H2,1-2H3. The first-order chi connectivity index (χ1) is 14.8. The Bertz CT molecular complexity index is 688. The Balaban J connectivity index is 1.61. The highest BCUT2D eigenvalue weighted by atomic mass is 16.5. The third kappa shape index (κ3) is 10.6. The van der Waals surface area contributed by atoms with E-state index in [1.807, 2.05) is 30.5 Å². The highest BCUT2D eigenvalue weighted by Gasteiger charge is 1.97. The zero-order chi connectivity index (χ0) is 21.3. The van der Waals surface area contributed by atoms with E-state index in [9.17, 15) is 0 Å². The lowest BCUT2D eigenvalue weighted by Crippen LogP contribution is -1.94. The molecule has 0 atom stereocenters. The molecule has 0 aliphatic heterocycles. The summed E-state index contributed by atoms with van der Waals surface area (Å²) in [5.74, 6) is 0.922. The van der Waals surface area contributed by atoms with Crippen molar-refractivity contribution in [1.29, 1.82) is 0 Å². The minimum Gasteiger partial charge on any atom is -0.494 e. The van der Waals surface area contributed by atoms with Crippen molar-refractivity contribution in [3.8, 4) is 5.75 Å². The van der Waals surface area contributed by atoms with Crippen LogP contribution in [-0.2, 0) is 6.42 Å². The van der Waals surface area contributed by atoms with Gasteiger partial charge in [-0.2, -0.15) is 0 Å². The van der Waals surface area contributed by atoms with Crippen LogP contribution in [0.1, 0.15) is 95.6 Å². The summed E-state index contributed by atoms with van der Waals surface area (Å²) in [6.07, 6.45) is 18.0. The molecular weight excluding hydrogens is 366 g/mol. The van der Waals surface area contributed by atoms with Gasteiger partial charge in [0.1, 0.15) is 5.75 Å². The largest absolute Gasteiger partial charge is 0.494 e. The summed E-state index contributed by atoms with van der Waals surface area (Å²) in [5.41, 5.74) is 3.52. The maximum Gasteiger partial charge on any atom is 0.119 e. The lowest BCUT2D eigenvalue weighted by atomic mass is 10.0. The van der Waals surface area contributed by atoms with Crippen LogP contribution < -0.4 is 4.74 Å². The normalized spacial score (nSPS) is 11.3. The zero-order valence-corrected chi connectivity index (χ0v) is 19.2. The molecule has 0 unspecified atom stereocenters. The van der Waals surface area contributed by atoms with Crippen LogP contribution in [0.2, 0.25) is 0 Å². The summed E-state index contributed by atoms with van der Waals surface area (Å²) in [4.78, 5) is 4.60. The molecule has 0 aliphatic carbocycles. The fraction of sp³-hybridized carbons (Fsp3) is 0.536. The van der Waals surface area contributed by atoms with E-state index >= 15 is 0 Å². The minimum absolute atomic E-state index is 0.763. The van der Waals surface area contributed by atoms with Gasteiger partial charge >= 0.3 is 0 Å². The molecule has 0 spiro atoms. The van der Waals surface area contributed by atoms with Gasteiger partial charge < -0.3 is 4.74 Å². The molecule has 0 amide bonds. The second-order valence-electron chi connectivity index (χ2n) is 8.27. The highest BCUT2D eigenvalue weighted by molar-refractivity contribution is 5.82. The van der Waals surface area contributed by atoms with Crippen molar-refractivity contribution in [1.82, 2.24) is 0 Å². The van der Waals surface area contributed by atoms with E-state index in [1.54, 1.807) is 0 Å². The molecule has 0 aromatic heterocycles. The van der Waals surface area contributed by atoms with Gasteiger partial charge in [-0.1, -0.05) is 83.8 Å². The quantitative estimate of drug-likeness (QED) is 0.201. The molecule has 0 saturated heterocycles. The molecular formula is C28H41NO. The van der Waals surface area contributed by atoms with Gasteiger partial charge in [-0.25, -0.2) is 0 Å². The third-order valence-electron chi connectivity index (χ3n) is 5.47. The van der Waals surface area contributed by atoms with E-state index in [0.29, 0.717) is 0 Å². The van der Waals surface area contributed by atoms with Crippen LogP contribution in [0.5, 0.6) is 5.75 Å². The molecule has 2 nitrogen and oxygen atoms in total. The predicted molar refractivity (Wildman–Crippen MR) is 131 cm³/mol. The highest BCUT2D eigenvalue weighted by Crippen LogP contribution is 2.17. The van der Waals surface area contributed by atoms with Gasteiger partial charge in [0.2, 0.25) is 0 Å². The van der Waals surface area contributed by atoms with Crippen molar-refractivity contribution >= 4 is 11.9 Å². The number of hydrogen-bond donors (Lipinski definition) is 0. The molecule has 0 radical (unpaired) electrons. The molecule has 164 valence electrons. The Morgan fingerprint density at radius 1 is 0.667 bits per heavy atom. The molecule has 2 aromatic carbocycles. The number of aliphatic imine (C=N–C) groups is 1. The Hall–Kier alpha value is -2.09. The van der Waals surface area contributed by atoms with E-state index in [-0.39, 0.29) is 0 Å². The van der Waals surface area contributed by atoms with E-state index in [0.717, 1.165) is 30.0 Å². The fourth-order valence-electron chi connectivity index (χ4n) is 3.58. The SMILES string of the molecule is CCCCCCCCCCCCc1ccc(N=Cc2ccc(OCCC)cc2)cc1. The predicted octanol–water partition coefficient (Wildman–Crippen LogP) is 8.69. The smallest absolute Gasteiger partial charge is 0.119 e. The van der Waals surface area contributed by atoms with Crippen molar-refractivity contribution in [2.75, 3.05) is 6.61 Å². The van der Waals surface area contributed by atoms with Gasteiger partial charge in [0, 0.05) is 6.21 Å². The molecule has 2 aromatic rings. The number of rotatable bonds is 16. The monoisotopic (exact) mass is 407 g/mol. The van der Waals surface area contributed by atoms with E-state index in [2.05, 4.69) is 43.1 Å². The zero-order valence-electron chi connectivity index (χ0n) is 19.2. The molecule has 0 bridgehead atoms. The van der Waals surface area contributed by atoms with Gasteiger partial charge in [-0.3, -0.25) is 4.99 Å². The summed E-state index contributed by atoms with van der Waals surface area (Å²) >= 11 is 0. The Morgan fingerprint density at radius 2 is 1.27 bits per heavy atom. The first kappa shape index (κ1) is 24.2. The number of ether oxygens (including phenoxy) is 1. The van der Waals surface area contributed by atoms with Crippen molar-refractivity contribution < 1.29 is 4.74 Å². The van der Waals surface area contributed by atoms with Gasteiger partial charge in [-0.15, -0.1) is 0 Å². The molecule has 2 heteroatoms. The van der Waals surface area contributed by atoms with Crippen LogP contribution in [0.4, 0.5) is 5.69 Å². The number of hydrogen-bond acceptors (Lipinski definition) is 2. The third-order valence-corrected chi connectivity index (χ3v) is 5.47. The van der Waals surface area contributed by atoms with Gasteiger partial charge in [0.15, 0.2) is 0 Å². The maximum atomic E-state index is 5.62. The first-order valence-corrected chi connectivity index (χ1v) is 12.2. The number of aryl methyl sites for hydroxylation is 1. The van der Waals surface area contributed by atoms with Gasteiger partial charge in [-0.05, 0) is 66.8 Å². The van der Waals surface area contributed by atoms with Crippen LogP contribution in [0.15, 0.2) is 53.5 Å². The van der Waals surface area contributed by atoms with Gasteiger partial charge in [0.05, 0.1) is 12.3 Å². The maximum absolute atomic E-state index is 5.62. The van der Waals surface area contributed by atoms with Crippen LogP contribution in [0.25, 0.3) is 0 Å². The molecule has 0 N–H and O–H groups in total. The van der Waals surface area contributed by atoms with Crippen molar-refractivity contribution in [3.05, 3.63) is 59.7 Å². The van der Waals surface area contributed by atoms with E-state index in [1.165, 1.54) is 76.2 Å². The number of benzene rings is 2. The minimum atomic E-state index is 0.763. The molecule has 0 saturated carbocycles. The second-order valence-corrected chi connectivity index (χ2v) is 8.27. The van der Waals surface area contributed by atoms with Crippen molar-refractivity contribution in [3.63, 3.8) is 0 Å². The Kier molecular flexibility index (Phi) is 12.7. The van der Waals surface area contributed by atoms with E-state index < -0.39 is 0 Å². The lowest BCUT2D eigenvalue weighted by molar-refractivity contribution is 0.317. The average molecular weight is 408 g/mol. The second kappa shape index (κ2) is 15.7.